The maximum Gasteiger partial charge on any atom is 0.229 e. The van der Waals surface area contributed by atoms with Crippen LogP contribution in [0.25, 0.3) is 10.9 Å². The van der Waals surface area contributed by atoms with Crippen molar-refractivity contribution in [2.45, 2.75) is 19.3 Å². The van der Waals surface area contributed by atoms with Gasteiger partial charge in [-0.2, -0.15) is 4.98 Å². The average molecular weight is 347 g/mol. The molecule has 0 spiro atoms. The van der Waals surface area contributed by atoms with Crippen molar-refractivity contribution in [3.05, 3.63) is 48.5 Å². The molecule has 0 aliphatic carbocycles. The largest absolute Gasteiger partial charge is 0.378 e. The van der Waals surface area contributed by atoms with Crippen LogP contribution in [0.15, 0.2) is 48.5 Å². The molecule has 134 valence electrons. The van der Waals surface area contributed by atoms with Crippen molar-refractivity contribution >= 4 is 34.0 Å². The third kappa shape index (κ3) is 3.43. The maximum atomic E-state index is 4.87. The fourth-order valence-electron chi connectivity index (χ4n) is 3.43. The number of piperidine rings is 1. The fraction of sp³-hybridized carbons (Fsp3) is 0.333. The molecule has 4 rings (SSSR count). The molecule has 1 N–H and O–H groups in total. The molecule has 2 heterocycles. The van der Waals surface area contributed by atoms with Crippen molar-refractivity contribution in [2.75, 3.05) is 42.3 Å². The summed E-state index contributed by atoms with van der Waals surface area (Å²) < 4.78 is 0. The van der Waals surface area contributed by atoms with Crippen LogP contribution in [0.4, 0.5) is 23.1 Å². The molecule has 1 aromatic heterocycles. The van der Waals surface area contributed by atoms with Crippen molar-refractivity contribution in [3.63, 3.8) is 0 Å². The lowest BCUT2D eigenvalue weighted by Crippen LogP contribution is -2.30. The summed E-state index contributed by atoms with van der Waals surface area (Å²) in [4.78, 5) is 14.1. The Morgan fingerprint density at radius 2 is 1.62 bits per heavy atom. The van der Waals surface area contributed by atoms with Crippen LogP contribution in [0.2, 0.25) is 0 Å². The Morgan fingerprint density at radius 3 is 2.35 bits per heavy atom. The average Bonchev–Trinajstić information content (AvgIpc) is 2.68. The van der Waals surface area contributed by atoms with Gasteiger partial charge >= 0.3 is 0 Å². The van der Waals surface area contributed by atoms with E-state index in [1.807, 2.05) is 20.2 Å². The zero-order chi connectivity index (χ0) is 17.9. The van der Waals surface area contributed by atoms with E-state index in [-0.39, 0.29) is 0 Å². The van der Waals surface area contributed by atoms with Crippen molar-refractivity contribution in [2.24, 2.45) is 0 Å². The van der Waals surface area contributed by atoms with Crippen LogP contribution in [0.3, 0.4) is 0 Å². The maximum absolute atomic E-state index is 4.87. The Kier molecular flexibility index (Phi) is 4.61. The van der Waals surface area contributed by atoms with E-state index < -0.39 is 0 Å². The van der Waals surface area contributed by atoms with E-state index >= 15 is 0 Å². The van der Waals surface area contributed by atoms with Crippen molar-refractivity contribution in [3.8, 4) is 0 Å². The Balaban J connectivity index is 1.68. The zero-order valence-electron chi connectivity index (χ0n) is 15.4. The molecule has 2 aromatic carbocycles. The van der Waals surface area contributed by atoms with E-state index in [9.17, 15) is 0 Å². The van der Waals surface area contributed by atoms with Gasteiger partial charge in [-0.05, 0) is 55.7 Å². The number of rotatable bonds is 4. The van der Waals surface area contributed by atoms with Gasteiger partial charge in [0.25, 0.3) is 0 Å². The lowest BCUT2D eigenvalue weighted by Gasteiger charge is -2.29. The molecule has 1 aliphatic rings. The fourth-order valence-corrected chi connectivity index (χ4v) is 3.43. The Morgan fingerprint density at radius 1 is 0.885 bits per heavy atom. The molecule has 0 bridgehead atoms. The molecule has 0 unspecified atom stereocenters. The summed E-state index contributed by atoms with van der Waals surface area (Å²) in [5, 5.41) is 4.50. The van der Waals surface area contributed by atoms with Crippen LogP contribution >= 0.6 is 0 Å². The van der Waals surface area contributed by atoms with E-state index in [4.69, 9.17) is 9.97 Å². The lowest BCUT2D eigenvalue weighted by atomic mass is 10.1. The van der Waals surface area contributed by atoms with Gasteiger partial charge in [0.2, 0.25) is 5.95 Å². The van der Waals surface area contributed by atoms with Gasteiger partial charge in [-0.3, -0.25) is 0 Å². The quantitative estimate of drug-likeness (QED) is 0.756. The van der Waals surface area contributed by atoms with Crippen molar-refractivity contribution < 1.29 is 0 Å². The van der Waals surface area contributed by atoms with E-state index in [0.29, 0.717) is 5.95 Å². The second-order valence-corrected chi connectivity index (χ2v) is 7.00. The minimum Gasteiger partial charge on any atom is -0.378 e. The third-order valence-corrected chi connectivity index (χ3v) is 4.88. The van der Waals surface area contributed by atoms with Crippen LogP contribution in [-0.4, -0.2) is 37.2 Å². The van der Waals surface area contributed by atoms with E-state index in [1.165, 1.54) is 24.9 Å². The monoisotopic (exact) mass is 347 g/mol. The number of hydrogen-bond acceptors (Lipinski definition) is 5. The number of hydrogen-bond donors (Lipinski definition) is 1. The molecule has 26 heavy (non-hydrogen) atoms. The SMILES string of the molecule is CN(C)c1ccc(Nc2nc(N3CCCCC3)c3ccccc3n2)cc1. The first-order chi connectivity index (χ1) is 12.7. The Labute approximate surface area is 154 Å². The summed E-state index contributed by atoms with van der Waals surface area (Å²) in [5.41, 5.74) is 3.15. The van der Waals surface area contributed by atoms with Gasteiger partial charge in [-0.25, -0.2) is 4.98 Å². The lowest BCUT2D eigenvalue weighted by molar-refractivity contribution is 0.575. The number of nitrogens with one attached hydrogen (secondary N) is 1. The zero-order valence-corrected chi connectivity index (χ0v) is 15.4. The van der Waals surface area contributed by atoms with Crippen LogP contribution in [-0.2, 0) is 0 Å². The smallest absolute Gasteiger partial charge is 0.229 e. The Bertz CT molecular complexity index is 883. The number of anilines is 4. The molecule has 0 atom stereocenters. The summed E-state index contributed by atoms with van der Waals surface area (Å²) in [6.45, 7) is 2.13. The van der Waals surface area contributed by atoms with Gasteiger partial charge in [-0.1, -0.05) is 12.1 Å². The van der Waals surface area contributed by atoms with E-state index in [2.05, 4.69) is 57.6 Å². The highest BCUT2D eigenvalue weighted by Crippen LogP contribution is 2.28. The van der Waals surface area contributed by atoms with E-state index in [1.54, 1.807) is 0 Å². The highest BCUT2D eigenvalue weighted by Gasteiger charge is 2.17. The number of nitrogens with zero attached hydrogens (tertiary/aromatic N) is 4. The Hall–Kier alpha value is -2.82. The third-order valence-electron chi connectivity index (χ3n) is 4.88. The minimum atomic E-state index is 0.655. The topological polar surface area (TPSA) is 44.3 Å². The molecule has 0 saturated carbocycles. The van der Waals surface area contributed by atoms with E-state index in [0.717, 1.165) is 35.5 Å². The van der Waals surface area contributed by atoms with Gasteiger partial charge in [0, 0.05) is 43.9 Å². The summed E-state index contributed by atoms with van der Waals surface area (Å²) in [7, 11) is 4.08. The number of benzene rings is 2. The molecular weight excluding hydrogens is 322 g/mol. The molecule has 1 aliphatic heterocycles. The molecule has 3 aromatic rings. The number of para-hydroxylation sites is 1. The first-order valence-electron chi connectivity index (χ1n) is 9.27. The molecular formula is C21H25N5. The highest BCUT2D eigenvalue weighted by molar-refractivity contribution is 5.90. The predicted molar refractivity (Wildman–Crippen MR) is 110 cm³/mol. The summed E-state index contributed by atoms with van der Waals surface area (Å²) >= 11 is 0. The number of aromatic nitrogens is 2. The summed E-state index contributed by atoms with van der Waals surface area (Å²) in [6, 6.07) is 16.6. The van der Waals surface area contributed by atoms with Crippen molar-refractivity contribution in [1.82, 2.24) is 9.97 Å². The normalized spacial score (nSPS) is 14.5. The second kappa shape index (κ2) is 7.20. The molecule has 1 fully saturated rings. The van der Waals surface area contributed by atoms with Crippen LogP contribution < -0.4 is 15.1 Å². The van der Waals surface area contributed by atoms with Gasteiger partial charge in [-0.15, -0.1) is 0 Å². The molecule has 5 nitrogen and oxygen atoms in total. The first kappa shape index (κ1) is 16.6. The van der Waals surface area contributed by atoms with Crippen LogP contribution in [0.1, 0.15) is 19.3 Å². The van der Waals surface area contributed by atoms with Gasteiger partial charge in [0.1, 0.15) is 5.82 Å². The first-order valence-corrected chi connectivity index (χ1v) is 9.27. The molecule has 0 radical (unpaired) electrons. The minimum absolute atomic E-state index is 0.655. The molecule has 5 heteroatoms. The molecule has 0 amide bonds. The molecule has 1 saturated heterocycles. The van der Waals surface area contributed by atoms with Gasteiger partial charge < -0.3 is 15.1 Å². The summed E-state index contributed by atoms with van der Waals surface area (Å²) in [6.07, 6.45) is 3.77. The van der Waals surface area contributed by atoms with Gasteiger partial charge in [0.15, 0.2) is 0 Å². The summed E-state index contributed by atoms with van der Waals surface area (Å²) in [5.74, 6) is 1.70. The standard InChI is InChI=1S/C21H25N5/c1-25(2)17-12-10-16(11-13-17)22-21-23-19-9-5-4-8-18(19)20(24-21)26-14-6-3-7-15-26/h4-5,8-13H,3,6-7,14-15H2,1-2H3,(H,22,23,24). The second-order valence-electron chi connectivity index (χ2n) is 7.00. The highest BCUT2D eigenvalue weighted by atomic mass is 15.2. The number of fused-ring (bicyclic) bond motifs is 1. The predicted octanol–water partition coefficient (Wildman–Crippen LogP) is 4.43. The van der Waals surface area contributed by atoms with Crippen LogP contribution in [0, 0.1) is 0 Å². The van der Waals surface area contributed by atoms with Crippen molar-refractivity contribution in [1.29, 1.82) is 0 Å². The van der Waals surface area contributed by atoms with Crippen LogP contribution in [0.5, 0.6) is 0 Å². The van der Waals surface area contributed by atoms with Gasteiger partial charge in [0.05, 0.1) is 5.52 Å².